The average molecular weight is 200 g/mol. The molecule has 0 aromatic rings. The van der Waals surface area contributed by atoms with Crippen molar-refractivity contribution in [3.05, 3.63) is 0 Å². The van der Waals surface area contributed by atoms with E-state index < -0.39 is 0 Å². The maximum Gasteiger partial charge on any atom is 0.108 e. The van der Waals surface area contributed by atoms with E-state index in [4.69, 9.17) is 9.47 Å². The molecule has 0 aromatic heterocycles. The molecule has 0 radical (unpaired) electrons. The van der Waals surface area contributed by atoms with E-state index in [9.17, 15) is 0 Å². The number of hydrogen-bond acceptors (Lipinski definition) is 4. The molecule has 4 heteroatoms. The van der Waals surface area contributed by atoms with Crippen LogP contribution in [0.3, 0.4) is 0 Å². The van der Waals surface area contributed by atoms with Gasteiger partial charge in [-0.05, 0) is 25.7 Å². The summed E-state index contributed by atoms with van der Waals surface area (Å²) in [4.78, 5) is 0. The molecule has 14 heavy (non-hydrogen) atoms. The fourth-order valence-corrected chi connectivity index (χ4v) is 1.99. The first-order valence-electron chi connectivity index (χ1n) is 5.65. The number of unbranched alkanes of at least 4 members (excludes halogenated alkanes) is 1. The molecule has 2 aliphatic heterocycles. The van der Waals surface area contributed by atoms with Gasteiger partial charge in [0, 0.05) is 13.1 Å². The van der Waals surface area contributed by atoms with Crippen LogP contribution in [-0.4, -0.2) is 38.8 Å². The highest BCUT2D eigenvalue weighted by Gasteiger charge is 2.15. The Bertz CT molecular complexity index is 136. The highest BCUT2D eigenvalue weighted by molar-refractivity contribution is 4.65. The van der Waals surface area contributed by atoms with Crippen LogP contribution in [0.2, 0.25) is 0 Å². The van der Waals surface area contributed by atoms with Gasteiger partial charge in [-0.2, -0.15) is 0 Å². The summed E-state index contributed by atoms with van der Waals surface area (Å²) in [6.07, 6.45) is 5.33. The van der Waals surface area contributed by atoms with Crippen LogP contribution in [0.4, 0.5) is 0 Å². The van der Waals surface area contributed by atoms with Gasteiger partial charge in [0.1, 0.15) is 12.5 Å². The second kappa shape index (κ2) is 5.66. The highest BCUT2D eigenvalue weighted by atomic mass is 16.5. The van der Waals surface area contributed by atoms with Crippen LogP contribution in [-0.2, 0) is 9.47 Å². The Labute approximate surface area is 85.3 Å². The van der Waals surface area contributed by atoms with Crippen molar-refractivity contribution in [3.63, 3.8) is 0 Å². The first-order chi connectivity index (χ1) is 6.95. The Morgan fingerprint density at radius 3 is 1.71 bits per heavy atom. The van der Waals surface area contributed by atoms with Crippen molar-refractivity contribution >= 4 is 0 Å². The lowest BCUT2D eigenvalue weighted by atomic mass is 10.1. The van der Waals surface area contributed by atoms with Gasteiger partial charge < -0.3 is 9.47 Å². The van der Waals surface area contributed by atoms with Gasteiger partial charge in [-0.1, -0.05) is 0 Å². The minimum absolute atomic E-state index is 0.312. The van der Waals surface area contributed by atoms with Gasteiger partial charge >= 0.3 is 0 Å². The summed E-state index contributed by atoms with van der Waals surface area (Å²) in [7, 11) is 0. The minimum atomic E-state index is 0.312. The van der Waals surface area contributed by atoms with Crippen LogP contribution in [0, 0.1) is 0 Å². The Balaban J connectivity index is 1.46. The Hall–Kier alpha value is -0.160. The van der Waals surface area contributed by atoms with E-state index in [1.165, 1.54) is 12.8 Å². The number of ether oxygens (including phenoxy) is 2. The highest BCUT2D eigenvalue weighted by Crippen LogP contribution is 2.11. The third kappa shape index (κ3) is 3.20. The molecular formula is C10H20N2O2. The van der Waals surface area contributed by atoms with Crippen LogP contribution in [0.15, 0.2) is 0 Å². The molecule has 2 unspecified atom stereocenters. The number of rotatable bonds is 5. The molecule has 2 fully saturated rings. The van der Waals surface area contributed by atoms with E-state index in [1.54, 1.807) is 0 Å². The Morgan fingerprint density at radius 1 is 0.857 bits per heavy atom. The zero-order chi connectivity index (χ0) is 9.64. The van der Waals surface area contributed by atoms with E-state index in [1.807, 2.05) is 0 Å². The molecule has 0 amide bonds. The predicted molar refractivity (Wildman–Crippen MR) is 54.0 cm³/mol. The van der Waals surface area contributed by atoms with Gasteiger partial charge in [-0.25, -0.2) is 0 Å². The molecule has 4 nitrogen and oxygen atoms in total. The summed E-state index contributed by atoms with van der Waals surface area (Å²) in [6.45, 7) is 3.77. The standard InChI is InChI=1S/C10H20N2O2/c1(3-9-11-5-7-13-9)2-4-10-12-6-8-14-10/h9-12H,1-8H2. The van der Waals surface area contributed by atoms with Crippen molar-refractivity contribution in [2.45, 2.75) is 38.1 Å². The fraction of sp³-hybridized carbons (Fsp3) is 1.00. The molecule has 2 rings (SSSR count). The smallest absolute Gasteiger partial charge is 0.108 e. The summed E-state index contributed by atoms with van der Waals surface area (Å²) < 4.78 is 10.9. The number of nitrogens with one attached hydrogen (secondary N) is 2. The lowest BCUT2D eigenvalue weighted by Gasteiger charge is -2.11. The zero-order valence-electron chi connectivity index (χ0n) is 8.63. The van der Waals surface area contributed by atoms with Crippen molar-refractivity contribution in [1.29, 1.82) is 0 Å². The zero-order valence-corrected chi connectivity index (χ0v) is 8.63. The van der Waals surface area contributed by atoms with Crippen molar-refractivity contribution < 1.29 is 9.47 Å². The molecule has 0 saturated carbocycles. The number of hydrogen-bond donors (Lipinski definition) is 2. The fourth-order valence-electron chi connectivity index (χ4n) is 1.99. The minimum Gasteiger partial charge on any atom is -0.362 e. The first kappa shape index (κ1) is 10.4. The monoisotopic (exact) mass is 200 g/mol. The second-order valence-corrected chi connectivity index (χ2v) is 3.91. The largest absolute Gasteiger partial charge is 0.362 e. The molecule has 0 spiro atoms. The van der Waals surface area contributed by atoms with Crippen molar-refractivity contribution in [2.75, 3.05) is 26.3 Å². The summed E-state index contributed by atoms with van der Waals surface area (Å²) in [6, 6.07) is 0. The van der Waals surface area contributed by atoms with E-state index >= 15 is 0 Å². The topological polar surface area (TPSA) is 42.5 Å². The predicted octanol–water partition coefficient (Wildman–Crippen LogP) is 0.439. The SMILES string of the molecule is C(CCC1NCCO1)CC1NCCO1. The van der Waals surface area contributed by atoms with Gasteiger partial charge in [0.25, 0.3) is 0 Å². The molecule has 82 valence electrons. The quantitative estimate of drug-likeness (QED) is 0.632. The molecule has 2 atom stereocenters. The second-order valence-electron chi connectivity index (χ2n) is 3.91. The lowest BCUT2D eigenvalue weighted by Crippen LogP contribution is -2.24. The van der Waals surface area contributed by atoms with Gasteiger partial charge in [0.05, 0.1) is 13.2 Å². The molecule has 0 bridgehead atoms. The molecule has 2 saturated heterocycles. The van der Waals surface area contributed by atoms with Crippen molar-refractivity contribution in [1.82, 2.24) is 10.6 Å². The van der Waals surface area contributed by atoms with Crippen molar-refractivity contribution in [3.8, 4) is 0 Å². The van der Waals surface area contributed by atoms with E-state index in [0.29, 0.717) is 12.5 Å². The molecule has 2 aliphatic rings. The molecule has 0 aromatic carbocycles. The Morgan fingerprint density at radius 2 is 1.36 bits per heavy atom. The Kier molecular flexibility index (Phi) is 4.19. The van der Waals surface area contributed by atoms with Crippen LogP contribution in [0.25, 0.3) is 0 Å². The summed E-state index contributed by atoms with van der Waals surface area (Å²) >= 11 is 0. The molecular weight excluding hydrogens is 180 g/mol. The summed E-state index contributed by atoms with van der Waals surface area (Å²) in [5.74, 6) is 0. The van der Waals surface area contributed by atoms with Crippen LogP contribution in [0.5, 0.6) is 0 Å². The van der Waals surface area contributed by atoms with Crippen LogP contribution in [0.1, 0.15) is 25.7 Å². The van der Waals surface area contributed by atoms with E-state index in [0.717, 1.165) is 39.1 Å². The third-order valence-corrected chi connectivity index (χ3v) is 2.77. The van der Waals surface area contributed by atoms with Crippen molar-refractivity contribution in [2.24, 2.45) is 0 Å². The lowest BCUT2D eigenvalue weighted by molar-refractivity contribution is 0.0804. The molecule has 2 heterocycles. The average Bonchev–Trinajstić information content (AvgIpc) is 2.86. The molecule has 0 aliphatic carbocycles. The summed E-state index contributed by atoms with van der Waals surface area (Å²) in [5.41, 5.74) is 0. The van der Waals surface area contributed by atoms with Gasteiger partial charge in [-0.15, -0.1) is 0 Å². The van der Waals surface area contributed by atoms with E-state index in [-0.39, 0.29) is 0 Å². The maximum atomic E-state index is 5.47. The normalized spacial score (nSPS) is 32.6. The third-order valence-electron chi connectivity index (χ3n) is 2.77. The maximum absolute atomic E-state index is 5.47. The van der Waals surface area contributed by atoms with Crippen LogP contribution >= 0.6 is 0 Å². The van der Waals surface area contributed by atoms with Gasteiger partial charge in [0.2, 0.25) is 0 Å². The molecule has 2 N–H and O–H groups in total. The summed E-state index contributed by atoms with van der Waals surface area (Å²) in [5, 5.41) is 6.63. The van der Waals surface area contributed by atoms with Crippen LogP contribution < -0.4 is 10.6 Å². The van der Waals surface area contributed by atoms with Gasteiger partial charge in [-0.3, -0.25) is 10.6 Å². The van der Waals surface area contributed by atoms with E-state index in [2.05, 4.69) is 10.6 Å². The van der Waals surface area contributed by atoms with Gasteiger partial charge in [0.15, 0.2) is 0 Å². The first-order valence-corrected chi connectivity index (χ1v) is 5.65.